The molecule has 0 bridgehead atoms. The average Bonchev–Trinajstić information content (AvgIpc) is 2.94. The van der Waals surface area contributed by atoms with Crippen molar-refractivity contribution < 1.29 is 22.8 Å². The molecule has 2 aliphatic rings. The molecule has 3 rings (SSSR count). The van der Waals surface area contributed by atoms with Crippen LogP contribution in [0.1, 0.15) is 23.7 Å². The molecule has 8 heteroatoms. The molecule has 134 valence electrons. The second-order valence-electron chi connectivity index (χ2n) is 6.35. The van der Waals surface area contributed by atoms with Gasteiger partial charge in [0.25, 0.3) is 5.91 Å². The maximum atomic E-state index is 12.7. The van der Waals surface area contributed by atoms with E-state index in [1.807, 2.05) is 0 Å². The average molecular weight is 364 g/mol. The third-order valence-corrected chi connectivity index (χ3v) is 6.49. The quantitative estimate of drug-likeness (QED) is 0.561. The standard InChI is InChI=1S/C17H20N2O5S/c1-2-15(20)18-8-9-19(14-11-25(23,24)10-13(14)18)17(22)16(21)12-6-4-3-5-7-12/h3-7,13-14H,2,8-11H2,1H3/t13-,14+/m0/s1. The molecule has 25 heavy (non-hydrogen) atoms. The Bertz CT molecular complexity index is 806. The van der Waals surface area contributed by atoms with Crippen molar-refractivity contribution in [2.24, 2.45) is 0 Å². The Balaban J connectivity index is 1.87. The Labute approximate surface area is 146 Å². The minimum atomic E-state index is -3.36. The number of carbonyl (C=O) groups excluding carboxylic acids is 3. The van der Waals surface area contributed by atoms with Gasteiger partial charge in [0.1, 0.15) is 0 Å². The van der Waals surface area contributed by atoms with E-state index < -0.39 is 33.6 Å². The van der Waals surface area contributed by atoms with Crippen LogP contribution in [-0.4, -0.2) is 72.5 Å². The molecule has 0 N–H and O–H groups in total. The number of hydrogen-bond donors (Lipinski definition) is 0. The lowest BCUT2D eigenvalue weighted by Gasteiger charge is -2.43. The third kappa shape index (κ3) is 3.30. The molecule has 1 aromatic rings. The molecule has 0 spiro atoms. The van der Waals surface area contributed by atoms with E-state index in [1.165, 1.54) is 4.90 Å². The Morgan fingerprint density at radius 2 is 1.56 bits per heavy atom. The summed E-state index contributed by atoms with van der Waals surface area (Å²) in [4.78, 5) is 40.1. The fraction of sp³-hybridized carbons (Fsp3) is 0.471. The lowest BCUT2D eigenvalue weighted by molar-refractivity contribution is -0.142. The first-order chi connectivity index (χ1) is 11.8. The Hall–Kier alpha value is -2.22. The second kappa shape index (κ2) is 6.59. The summed E-state index contributed by atoms with van der Waals surface area (Å²) in [6.07, 6.45) is 0.278. The van der Waals surface area contributed by atoms with Crippen molar-refractivity contribution >= 4 is 27.4 Å². The number of rotatable bonds is 3. The highest BCUT2D eigenvalue weighted by atomic mass is 32.2. The van der Waals surface area contributed by atoms with Crippen molar-refractivity contribution in [2.45, 2.75) is 25.4 Å². The fourth-order valence-corrected chi connectivity index (χ4v) is 5.54. The molecule has 2 amide bonds. The van der Waals surface area contributed by atoms with Crippen molar-refractivity contribution in [3.05, 3.63) is 35.9 Å². The van der Waals surface area contributed by atoms with Crippen molar-refractivity contribution in [2.75, 3.05) is 24.6 Å². The molecular formula is C17H20N2O5S. The fourth-order valence-electron chi connectivity index (χ4n) is 3.56. The van der Waals surface area contributed by atoms with E-state index >= 15 is 0 Å². The van der Waals surface area contributed by atoms with Gasteiger partial charge in [-0.25, -0.2) is 8.42 Å². The smallest absolute Gasteiger partial charge is 0.295 e. The molecule has 2 fully saturated rings. The maximum absolute atomic E-state index is 12.7. The van der Waals surface area contributed by atoms with E-state index in [1.54, 1.807) is 42.2 Å². The summed E-state index contributed by atoms with van der Waals surface area (Å²) in [6.45, 7) is 2.13. The van der Waals surface area contributed by atoms with E-state index in [0.717, 1.165) is 0 Å². The van der Waals surface area contributed by atoms with Crippen molar-refractivity contribution in [1.82, 2.24) is 9.80 Å². The highest BCUT2D eigenvalue weighted by Crippen LogP contribution is 2.28. The molecule has 2 heterocycles. The zero-order valence-electron chi connectivity index (χ0n) is 13.9. The number of sulfone groups is 1. The van der Waals surface area contributed by atoms with E-state index in [2.05, 4.69) is 0 Å². The molecule has 7 nitrogen and oxygen atoms in total. The van der Waals surface area contributed by atoms with Gasteiger partial charge in [-0.05, 0) is 0 Å². The van der Waals surface area contributed by atoms with Crippen LogP contribution < -0.4 is 0 Å². The number of benzene rings is 1. The summed E-state index contributed by atoms with van der Waals surface area (Å²) in [5.74, 6) is -1.86. The van der Waals surface area contributed by atoms with Crippen LogP contribution >= 0.6 is 0 Å². The normalized spacial score (nSPS) is 24.7. The monoisotopic (exact) mass is 364 g/mol. The summed E-state index contributed by atoms with van der Waals surface area (Å²) < 4.78 is 24.2. The number of hydrogen-bond acceptors (Lipinski definition) is 5. The second-order valence-corrected chi connectivity index (χ2v) is 8.50. The summed E-state index contributed by atoms with van der Waals surface area (Å²) in [7, 11) is -3.36. The van der Waals surface area contributed by atoms with Gasteiger partial charge in [-0.3, -0.25) is 14.4 Å². The van der Waals surface area contributed by atoms with Gasteiger partial charge in [0.15, 0.2) is 9.84 Å². The minimum Gasteiger partial charge on any atom is -0.335 e. The molecule has 0 unspecified atom stereocenters. The van der Waals surface area contributed by atoms with Gasteiger partial charge in [-0.15, -0.1) is 0 Å². The van der Waals surface area contributed by atoms with E-state index in [4.69, 9.17) is 0 Å². The van der Waals surface area contributed by atoms with Crippen molar-refractivity contribution in [3.63, 3.8) is 0 Å². The topological polar surface area (TPSA) is 91.8 Å². The Morgan fingerprint density at radius 1 is 1.00 bits per heavy atom. The predicted molar refractivity (Wildman–Crippen MR) is 90.7 cm³/mol. The van der Waals surface area contributed by atoms with Crippen LogP contribution in [0.4, 0.5) is 0 Å². The van der Waals surface area contributed by atoms with Crippen molar-refractivity contribution in [3.8, 4) is 0 Å². The van der Waals surface area contributed by atoms with Crippen LogP contribution in [-0.2, 0) is 19.4 Å². The van der Waals surface area contributed by atoms with Crippen LogP contribution in [0.2, 0.25) is 0 Å². The molecule has 0 aromatic heterocycles. The van der Waals surface area contributed by atoms with Crippen LogP contribution in [0.3, 0.4) is 0 Å². The summed E-state index contributed by atoms with van der Waals surface area (Å²) >= 11 is 0. The molecule has 1 aromatic carbocycles. The highest BCUT2D eigenvalue weighted by Gasteiger charge is 2.49. The lowest BCUT2D eigenvalue weighted by Crippen LogP contribution is -2.62. The minimum absolute atomic E-state index is 0.131. The number of ketones is 1. The molecule has 2 atom stereocenters. The largest absolute Gasteiger partial charge is 0.335 e. The SMILES string of the molecule is CCC(=O)N1CCN(C(=O)C(=O)c2ccccc2)[C@@H]2CS(=O)(=O)C[C@@H]21. The first-order valence-corrected chi connectivity index (χ1v) is 10.1. The molecule has 0 radical (unpaired) electrons. The molecular weight excluding hydrogens is 344 g/mol. The first kappa shape index (κ1) is 17.6. The van der Waals surface area contributed by atoms with E-state index in [9.17, 15) is 22.8 Å². The maximum Gasteiger partial charge on any atom is 0.295 e. The number of amides is 2. The number of fused-ring (bicyclic) bond motifs is 1. The molecule has 0 aliphatic carbocycles. The Morgan fingerprint density at radius 3 is 2.16 bits per heavy atom. The van der Waals surface area contributed by atoms with Crippen LogP contribution in [0, 0.1) is 0 Å². The third-order valence-electron chi connectivity index (χ3n) is 4.79. The van der Waals surface area contributed by atoms with E-state index in [-0.39, 0.29) is 42.5 Å². The highest BCUT2D eigenvalue weighted by molar-refractivity contribution is 7.91. The van der Waals surface area contributed by atoms with Gasteiger partial charge in [-0.1, -0.05) is 37.3 Å². The molecule has 2 aliphatic heterocycles. The lowest BCUT2D eigenvalue weighted by atomic mass is 10.0. The zero-order valence-corrected chi connectivity index (χ0v) is 14.7. The van der Waals surface area contributed by atoms with Crippen LogP contribution in [0.5, 0.6) is 0 Å². The summed E-state index contributed by atoms with van der Waals surface area (Å²) in [5.41, 5.74) is 0.275. The summed E-state index contributed by atoms with van der Waals surface area (Å²) in [5, 5.41) is 0. The van der Waals surface area contributed by atoms with Gasteiger partial charge < -0.3 is 9.80 Å². The van der Waals surface area contributed by atoms with Gasteiger partial charge in [0.2, 0.25) is 11.7 Å². The number of Topliss-reactive ketones (excluding diaryl/α,β-unsaturated/α-hetero) is 1. The Kier molecular flexibility index (Phi) is 4.64. The van der Waals surface area contributed by atoms with Crippen LogP contribution in [0.15, 0.2) is 30.3 Å². The number of nitrogens with zero attached hydrogens (tertiary/aromatic N) is 2. The molecule has 0 saturated carbocycles. The van der Waals surface area contributed by atoms with Gasteiger partial charge >= 0.3 is 0 Å². The number of piperazine rings is 1. The zero-order chi connectivity index (χ0) is 18.2. The van der Waals surface area contributed by atoms with Crippen LogP contribution in [0.25, 0.3) is 0 Å². The van der Waals surface area contributed by atoms with Gasteiger partial charge in [0, 0.05) is 25.1 Å². The van der Waals surface area contributed by atoms with Gasteiger partial charge in [0.05, 0.1) is 23.6 Å². The van der Waals surface area contributed by atoms with Gasteiger partial charge in [-0.2, -0.15) is 0 Å². The molecule has 2 saturated heterocycles. The predicted octanol–water partition coefficient (Wildman–Crippen LogP) is 0.116. The summed E-state index contributed by atoms with van der Waals surface area (Å²) in [6, 6.07) is 6.96. The number of carbonyl (C=O) groups is 3. The van der Waals surface area contributed by atoms with E-state index in [0.29, 0.717) is 0 Å². The van der Waals surface area contributed by atoms with Crippen molar-refractivity contribution in [1.29, 1.82) is 0 Å². The first-order valence-electron chi connectivity index (χ1n) is 8.24.